The molecule has 0 fully saturated rings. The van der Waals surface area contributed by atoms with Crippen LogP contribution in [0.4, 0.5) is 9.57 Å². The quantitative estimate of drug-likeness (QED) is 0.829. The van der Waals surface area contributed by atoms with Crippen molar-refractivity contribution in [1.82, 2.24) is 15.0 Å². The van der Waals surface area contributed by atoms with Gasteiger partial charge in [-0.3, -0.25) is 4.79 Å². The minimum absolute atomic E-state index is 0.116. The van der Waals surface area contributed by atoms with Gasteiger partial charge in [0.1, 0.15) is 11.4 Å². The van der Waals surface area contributed by atoms with Crippen LogP contribution in [0.1, 0.15) is 0 Å². The van der Waals surface area contributed by atoms with Gasteiger partial charge in [0.05, 0.1) is 11.9 Å². The molecule has 1 N–H and O–H groups in total. The van der Waals surface area contributed by atoms with E-state index >= 15 is 0 Å². The standard InChI is InChI=1S/C10H9FN4O3S/c11-19(17,18)9-4-2-1-3-8(9)13-10(16)7-15-6-5-12-14-15/h1-6H,7H2,(H,13,16). The summed E-state index contributed by atoms with van der Waals surface area (Å²) in [5.41, 5.74) is -0.116. The summed E-state index contributed by atoms with van der Waals surface area (Å²) < 4.78 is 36.1. The van der Waals surface area contributed by atoms with E-state index in [0.29, 0.717) is 0 Å². The monoisotopic (exact) mass is 284 g/mol. The molecule has 0 aliphatic heterocycles. The number of para-hydroxylation sites is 1. The number of hydrogen-bond donors (Lipinski definition) is 1. The molecule has 0 aliphatic rings. The lowest BCUT2D eigenvalue weighted by molar-refractivity contribution is -0.116. The Morgan fingerprint density at radius 1 is 1.37 bits per heavy atom. The molecule has 0 radical (unpaired) electrons. The number of nitrogens with zero attached hydrogens (tertiary/aromatic N) is 3. The van der Waals surface area contributed by atoms with E-state index in [2.05, 4.69) is 15.6 Å². The maximum absolute atomic E-state index is 13.0. The molecule has 0 saturated carbocycles. The Morgan fingerprint density at radius 3 is 2.74 bits per heavy atom. The second-order valence-electron chi connectivity index (χ2n) is 3.58. The van der Waals surface area contributed by atoms with Crippen molar-refractivity contribution in [2.45, 2.75) is 11.4 Å². The summed E-state index contributed by atoms with van der Waals surface area (Å²) >= 11 is 0. The predicted octanol–water partition coefficient (Wildman–Crippen LogP) is 0.575. The molecule has 0 saturated heterocycles. The van der Waals surface area contributed by atoms with Gasteiger partial charge in [-0.25, -0.2) is 4.68 Å². The molecule has 0 unspecified atom stereocenters. The van der Waals surface area contributed by atoms with Gasteiger partial charge in [0.15, 0.2) is 0 Å². The zero-order valence-corrected chi connectivity index (χ0v) is 10.3. The molecule has 1 amide bonds. The van der Waals surface area contributed by atoms with Crippen LogP contribution >= 0.6 is 0 Å². The Morgan fingerprint density at radius 2 is 2.11 bits per heavy atom. The number of nitrogens with one attached hydrogen (secondary N) is 1. The highest BCUT2D eigenvalue weighted by atomic mass is 32.3. The Hall–Kier alpha value is -2.29. The largest absolute Gasteiger partial charge is 0.334 e. The van der Waals surface area contributed by atoms with Crippen LogP contribution in [0.5, 0.6) is 0 Å². The average molecular weight is 284 g/mol. The Labute approximate surface area is 108 Å². The van der Waals surface area contributed by atoms with Crippen molar-refractivity contribution < 1.29 is 17.1 Å². The fourth-order valence-electron chi connectivity index (χ4n) is 1.44. The van der Waals surface area contributed by atoms with Gasteiger partial charge >= 0.3 is 10.2 Å². The Kier molecular flexibility index (Phi) is 3.56. The SMILES string of the molecule is O=C(Cn1ccnn1)Nc1ccccc1S(=O)(=O)F. The van der Waals surface area contributed by atoms with Crippen molar-refractivity contribution in [2.24, 2.45) is 0 Å². The number of aromatic nitrogens is 3. The van der Waals surface area contributed by atoms with Crippen LogP contribution in [0.2, 0.25) is 0 Å². The minimum Gasteiger partial charge on any atom is -0.323 e. The lowest BCUT2D eigenvalue weighted by atomic mass is 10.3. The zero-order valence-electron chi connectivity index (χ0n) is 9.52. The van der Waals surface area contributed by atoms with E-state index in [0.717, 1.165) is 6.07 Å². The molecule has 0 bridgehead atoms. The summed E-state index contributed by atoms with van der Waals surface area (Å²) in [5.74, 6) is -0.540. The van der Waals surface area contributed by atoms with E-state index < -0.39 is 21.0 Å². The number of rotatable bonds is 4. The van der Waals surface area contributed by atoms with E-state index in [1.165, 1.54) is 35.3 Å². The lowest BCUT2D eigenvalue weighted by Crippen LogP contribution is -2.20. The van der Waals surface area contributed by atoms with Gasteiger partial charge in [0, 0.05) is 6.20 Å². The average Bonchev–Trinajstić information content (AvgIpc) is 2.81. The van der Waals surface area contributed by atoms with Gasteiger partial charge in [0.25, 0.3) is 0 Å². The van der Waals surface area contributed by atoms with Crippen molar-refractivity contribution in [1.29, 1.82) is 0 Å². The molecule has 2 aromatic rings. The summed E-state index contributed by atoms with van der Waals surface area (Å²) in [4.78, 5) is 11.1. The first kappa shape index (κ1) is 13.1. The summed E-state index contributed by atoms with van der Waals surface area (Å²) in [6.07, 6.45) is 2.87. The molecular formula is C10H9FN4O3S. The summed E-state index contributed by atoms with van der Waals surface area (Å²) in [5, 5.41) is 9.41. The summed E-state index contributed by atoms with van der Waals surface area (Å²) in [6, 6.07) is 5.21. The molecule has 9 heteroatoms. The van der Waals surface area contributed by atoms with Gasteiger partial charge in [-0.2, -0.15) is 8.42 Å². The highest BCUT2D eigenvalue weighted by molar-refractivity contribution is 7.86. The fourth-order valence-corrected chi connectivity index (χ4v) is 2.06. The molecule has 19 heavy (non-hydrogen) atoms. The molecule has 0 aliphatic carbocycles. The Bertz CT molecular complexity index is 685. The van der Waals surface area contributed by atoms with Crippen LogP contribution in [-0.4, -0.2) is 29.3 Å². The first-order chi connectivity index (χ1) is 8.97. The molecule has 100 valence electrons. The van der Waals surface area contributed by atoms with Crippen LogP contribution in [0, 0.1) is 0 Å². The number of benzene rings is 1. The lowest BCUT2D eigenvalue weighted by Gasteiger charge is -2.07. The number of amides is 1. The van der Waals surface area contributed by atoms with E-state index in [1.54, 1.807) is 0 Å². The number of hydrogen-bond acceptors (Lipinski definition) is 5. The smallest absolute Gasteiger partial charge is 0.323 e. The predicted molar refractivity (Wildman–Crippen MR) is 63.4 cm³/mol. The summed E-state index contributed by atoms with van der Waals surface area (Å²) in [6.45, 7) is -0.152. The molecule has 1 heterocycles. The molecular weight excluding hydrogens is 275 g/mol. The molecule has 1 aromatic heterocycles. The van der Waals surface area contributed by atoms with Crippen LogP contribution in [0.3, 0.4) is 0 Å². The van der Waals surface area contributed by atoms with Crippen LogP contribution in [-0.2, 0) is 21.6 Å². The van der Waals surface area contributed by atoms with Gasteiger partial charge < -0.3 is 5.32 Å². The third-order valence-electron chi connectivity index (χ3n) is 2.20. The van der Waals surface area contributed by atoms with Crippen molar-refractivity contribution >= 4 is 21.8 Å². The number of carbonyl (C=O) groups is 1. The van der Waals surface area contributed by atoms with E-state index in [9.17, 15) is 17.1 Å². The maximum atomic E-state index is 13.0. The normalized spacial score (nSPS) is 11.2. The third-order valence-corrected chi connectivity index (χ3v) is 3.08. The van der Waals surface area contributed by atoms with E-state index in [4.69, 9.17) is 0 Å². The molecule has 0 spiro atoms. The van der Waals surface area contributed by atoms with Crippen molar-refractivity contribution in [3.63, 3.8) is 0 Å². The van der Waals surface area contributed by atoms with Crippen LogP contribution in [0.15, 0.2) is 41.6 Å². The fraction of sp³-hybridized carbons (Fsp3) is 0.100. The summed E-state index contributed by atoms with van der Waals surface area (Å²) in [7, 11) is -4.89. The zero-order chi connectivity index (χ0) is 13.9. The van der Waals surface area contributed by atoms with E-state index in [1.807, 2.05) is 0 Å². The van der Waals surface area contributed by atoms with Crippen molar-refractivity contribution in [2.75, 3.05) is 5.32 Å². The second-order valence-corrected chi connectivity index (χ2v) is 4.90. The molecule has 0 atom stereocenters. The number of halogens is 1. The first-order valence-electron chi connectivity index (χ1n) is 5.14. The third kappa shape index (κ3) is 3.35. The van der Waals surface area contributed by atoms with Gasteiger partial charge in [-0.1, -0.05) is 17.3 Å². The van der Waals surface area contributed by atoms with E-state index in [-0.39, 0.29) is 12.2 Å². The highest BCUT2D eigenvalue weighted by Gasteiger charge is 2.18. The van der Waals surface area contributed by atoms with Crippen LogP contribution < -0.4 is 5.32 Å². The van der Waals surface area contributed by atoms with Gasteiger partial charge in [-0.05, 0) is 12.1 Å². The van der Waals surface area contributed by atoms with Crippen molar-refractivity contribution in [3.8, 4) is 0 Å². The first-order valence-corrected chi connectivity index (χ1v) is 6.53. The van der Waals surface area contributed by atoms with Crippen LogP contribution in [0.25, 0.3) is 0 Å². The van der Waals surface area contributed by atoms with Gasteiger partial charge in [0.2, 0.25) is 5.91 Å². The Balaban J connectivity index is 2.18. The molecule has 2 rings (SSSR count). The molecule has 7 nitrogen and oxygen atoms in total. The van der Waals surface area contributed by atoms with Gasteiger partial charge in [-0.15, -0.1) is 8.98 Å². The highest BCUT2D eigenvalue weighted by Crippen LogP contribution is 2.22. The number of carbonyl (C=O) groups excluding carboxylic acids is 1. The van der Waals surface area contributed by atoms with Crippen molar-refractivity contribution in [3.05, 3.63) is 36.7 Å². The second kappa shape index (κ2) is 5.14. The molecule has 1 aromatic carbocycles. The number of anilines is 1. The minimum atomic E-state index is -4.89. The topological polar surface area (TPSA) is 93.9 Å². The maximum Gasteiger partial charge on any atom is 0.334 e.